The Morgan fingerprint density at radius 3 is 2.84 bits per heavy atom. The van der Waals surface area contributed by atoms with Gasteiger partial charge in [0.2, 0.25) is 0 Å². The summed E-state index contributed by atoms with van der Waals surface area (Å²) in [5, 5.41) is 3.35. The highest BCUT2D eigenvalue weighted by atomic mass is 35.5. The average molecular weight is 321 g/mol. The number of hydrogen-bond acceptors (Lipinski definition) is 4. The predicted octanol–water partition coefficient (Wildman–Crippen LogP) is 1.94. The zero-order valence-corrected chi connectivity index (χ0v) is 13.1. The fourth-order valence-electron chi connectivity index (χ4n) is 2.91. The minimum absolute atomic E-state index is 0.374. The van der Waals surface area contributed by atoms with Crippen LogP contribution in [-0.4, -0.2) is 38.9 Å². The van der Waals surface area contributed by atoms with E-state index in [0.29, 0.717) is 33.5 Å². The van der Waals surface area contributed by atoms with Gasteiger partial charge in [0.15, 0.2) is 0 Å². The Hall–Kier alpha value is -0.140. The molecule has 0 aromatic carbocycles. The summed E-state index contributed by atoms with van der Waals surface area (Å²) in [6.45, 7) is 5.06. The second-order valence-electron chi connectivity index (χ2n) is 5.35. The SMILES string of the molecule is Cc1cc(S(=O)(=O)N2CCC3CNCC3C2)sc1Cl. The topological polar surface area (TPSA) is 49.4 Å². The van der Waals surface area contributed by atoms with Gasteiger partial charge in [-0.1, -0.05) is 11.6 Å². The molecule has 1 N–H and O–H groups in total. The summed E-state index contributed by atoms with van der Waals surface area (Å²) in [4.78, 5) is 0. The lowest BCUT2D eigenvalue weighted by atomic mass is 9.90. The van der Waals surface area contributed by atoms with Crippen LogP contribution in [0, 0.1) is 18.8 Å². The number of sulfonamides is 1. The second-order valence-corrected chi connectivity index (χ2v) is 9.17. The number of nitrogens with one attached hydrogen (secondary N) is 1. The van der Waals surface area contributed by atoms with Gasteiger partial charge < -0.3 is 5.32 Å². The van der Waals surface area contributed by atoms with E-state index in [0.717, 1.165) is 36.4 Å². The van der Waals surface area contributed by atoms with Gasteiger partial charge in [-0.05, 0) is 49.9 Å². The summed E-state index contributed by atoms with van der Waals surface area (Å²) >= 11 is 7.15. The van der Waals surface area contributed by atoms with Gasteiger partial charge in [0.25, 0.3) is 10.0 Å². The summed E-state index contributed by atoms with van der Waals surface area (Å²) in [7, 11) is -3.36. The number of fused-ring (bicyclic) bond motifs is 1. The van der Waals surface area contributed by atoms with Crippen LogP contribution in [0.4, 0.5) is 0 Å². The fraction of sp³-hybridized carbons (Fsp3) is 0.667. The van der Waals surface area contributed by atoms with Crippen LogP contribution in [0.3, 0.4) is 0 Å². The van der Waals surface area contributed by atoms with Gasteiger partial charge in [-0.3, -0.25) is 0 Å². The summed E-state index contributed by atoms with van der Waals surface area (Å²) in [6, 6.07) is 1.68. The van der Waals surface area contributed by atoms with Gasteiger partial charge in [-0.15, -0.1) is 11.3 Å². The van der Waals surface area contributed by atoms with Crippen molar-refractivity contribution in [2.24, 2.45) is 11.8 Å². The van der Waals surface area contributed by atoms with E-state index in [1.807, 2.05) is 6.92 Å². The molecule has 2 aliphatic heterocycles. The van der Waals surface area contributed by atoms with Gasteiger partial charge in [0.05, 0.1) is 4.34 Å². The first-order valence-corrected chi connectivity index (χ1v) is 9.09. The normalized spacial score (nSPS) is 28.5. The van der Waals surface area contributed by atoms with E-state index in [2.05, 4.69) is 5.32 Å². The predicted molar refractivity (Wildman–Crippen MR) is 77.3 cm³/mol. The first kappa shape index (κ1) is 13.8. The van der Waals surface area contributed by atoms with Crippen molar-refractivity contribution < 1.29 is 8.42 Å². The first-order chi connectivity index (χ1) is 8.98. The Labute approximate surface area is 122 Å². The van der Waals surface area contributed by atoms with Gasteiger partial charge in [-0.2, -0.15) is 4.31 Å². The zero-order chi connectivity index (χ0) is 13.6. The Bertz CT molecular complexity index is 565. The summed E-state index contributed by atoms with van der Waals surface area (Å²) in [5.74, 6) is 1.10. The van der Waals surface area contributed by atoms with Gasteiger partial charge in [0.1, 0.15) is 4.21 Å². The van der Waals surface area contributed by atoms with E-state index in [1.165, 1.54) is 0 Å². The first-order valence-electron chi connectivity index (χ1n) is 6.45. The van der Waals surface area contributed by atoms with E-state index in [1.54, 1.807) is 10.4 Å². The number of nitrogens with zero attached hydrogens (tertiary/aromatic N) is 1. The highest BCUT2D eigenvalue weighted by Gasteiger charge is 2.38. The number of hydrogen-bond donors (Lipinski definition) is 1. The van der Waals surface area contributed by atoms with Crippen LogP contribution in [0.5, 0.6) is 0 Å². The van der Waals surface area contributed by atoms with Crippen molar-refractivity contribution in [3.63, 3.8) is 0 Å². The van der Waals surface area contributed by atoms with Crippen molar-refractivity contribution >= 4 is 33.0 Å². The maximum Gasteiger partial charge on any atom is 0.252 e. The van der Waals surface area contributed by atoms with Crippen molar-refractivity contribution in [3.8, 4) is 0 Å². The number of thiophene rings is 1. The highest BCUT2D eigenvalue weighted by Crippen LogP contribution is 2.35. The van der Waals surface area contributed by atoms with Gasteiger partial charge in [0, 0.05) is 13.1 Å². The number of halogens is 1. The van der Waals surface area contributed by atoms with Crippen molar-refractivity contribution in [3.05, 3.63) is 16.0 Å². The van der Waals surface area contributed by atoms with Crippen molar-refractivity contribution in [2.75, 3.05) is 26.2 Å². The quantitative estimate of drug-likeness (QED) is 0.906. The number of rotatable bonds is 2. The van der Waals surface area contributed by atoms with E-state index >= 15 is 0 Å². The molecule has 0 radical (unpaired) electrons. The molecule has 0 aliphatic carbocycles. The summed E-state index contributed by atoms with van der Waals surface area (Å²) < 4.78 is 27.8. The zero-order valence-electron chi connectivity index (χ0n) is 10.7. The molecule has 2 fully saturated rings. The van der Waals surface area contributed by atoms with Crippen LogP contribution in [-0.2, 0) is 10.0 Å². The van der Waals surface area contributed by atoms with E-state index in [9.17, 15) is 8.42 Å². The lowest BCUT2D eigenvalue weighted by Gasteiger charge is -2.33. The van der Waals surface area contributed by atoms with Crippen molar-refractivity contribution in [1.29, 1.82) is 0 Å². The van der Waals surface area contributed by atoms with Crippen LogP contribution < -0.4 is 5.32 Å². The third-order valence-corrected chi connectivity index (χ3v) is 7.97. The van der Waals surface area contributed by atoms with Gasteiger partial charge >= 0.3 is 0 Å². The standard InChI is InChI=1S/C12H17ClN2O2S2/c1-8-4-11(18-12(8)13)19(16,17)15-3-2-9-5-14-6-10(9)7-15/h4,9-10,14H,2-3,5-7H2,1H3. The molecule has 7 heteroatoms. The average Bonchev–Trinajstić information content (AvgIpc) is 2.96. The van der Waals surface area contributed by atoms with Crippen molar-refractivity contribution in [1.82, 2.24) is 9.62 Å². The van der Waals surface area contributed by atoms with Crippen LogP contribution in [0.1, 0.15) is 12.0 Å². The Kier molecular flexibility index (Phi) is 3.64. The van der Waals surface area contributed by atoms with E-state index in [-0.39, 0.29) is 0 Å². The van der Waals surface area contributed by atoms with Gasteiger partial charge in [-0.25, -0.2) is 8.42 Å². The Balaban J connectivity index is 1.84. The largest absolute Gasteiger partial charge is 0.316 e. The molecular formula is C12H17ClN2O2S2. The molecule has 1 aromatic heterocycles. The molecule has 2 saturated heterocycles. The van der Waals surface area contributed by atoms with E-state index in [4.69, 9.17) is 11.6 Å². The molecule has 2 unspecified atom stereocenters. The molecule has 0 spiro atoms. The molecule has 2 aliphatic rings. The summed E-state index contributed by atoms with van der Waals surface area (Å²) in [5.41, 5.74) is 0.836. The van der Waals surface area contributed by atoms with E-state index < -0.39 is 10.0 Å². The maximum atomic E-state index is 12.6. The third kappa shape index (κ3) is 2.45. The van der Waals surface area contributed by atoms with Crippen LogP contribution in [0.25, 0.3) is 0 Å². The monoisotopic (exact) mass is 320 g/mol. The fourth-order valence-corrected chi connectivity index (χ4v) is 6.28. The minimum atomic E-state index is -3.36. The molecule has 19 heavy (non-hydrogen) atoms. The molecule has 0 amide bonds. The van der Waals surface area contributed by atoms with Crippen LogP contribution >= 0.6 is 22.9 Å². The maximum absolute atomic E-state index is 12.6. The Morgan fingerprint density at radius 1 is 1.42 bits per heavy atom. The lowest BCUT2D eigenvalue weighted by molar-refractivity contribution is 0.228. The molecule has 4 nitrogen and oxygen atoms in total. The third-order valence-electron chi connectivity index (χ3n) is 4.10. The lowest BCUT2D eigenvalue weighted by Crippen LogP contribution is -2.43. The highest BCUT2D eigenvalue weighted by molar-refractivity contribution is 7.91. The number of aryl methyl sites for hydroxylation is 1. The second kappa shape index (κ2) is 5.00. The van der Waals surface area contributed by atoms with Crippen LogP contribution in [0.15, 0.2) is 10.3 Å². The summed E-state index contributed by atoms with van der Waals surface area (Å²) in [6.07, 6.45) is 0.953. The molecular weight excluding hydrogens is 304 g/mol. The molecule has 2 atom stereocenters. The smallest absolute Gasteiger partial charge is 0.252 e. The molecule has 3 rings (SSSR count). The molecule has 3 heterocycles. The Morgan fingerprint density at radius 2 is 2.16 bits per heavy atom. The molecule has 106 valence electrons. The minimum Gasteiger partial charge on any atom is -0.316 e. The number of piperidine rings is 1. The molecule has 0 saturated carbocycles. The molecule has 1 aromatic rings. The van der Waals surface area contributed by atoms with Crippen molar-refractivity contribution in [2.45, 2.75) is 17.6 Å². The van der Waals surface area contributed by atoms with Crippen LogP contribution in [0.2, 0.25) is 4.34 Å². The molecule has 0 bridgehead atoms.